The average Bonchev–Trinajstić information content (AvgIpc) is 2.92. The van der Waals surface area contributed by atoms with E-state index >= 15 is 0 Å². The van der Waals surface area contributed by atoms with E-state index in [4.69, 9.17) is 4.74 Å². The Labute approximate surface area is 130 Å². The highest BCUT2D eigenvalue weighted by Crippen LogP contribution is 2.39. The van der Waals surface area contributed by atoms with Crippen molar-refractivity contribution in [2.45, 2.75) is 51.9 Å². The van der Waals surface area contributed by atoms with Crippen LogP contribution < -0.4 is 0 Å². The van der Waals surface area contributed by atoms with Crippen molar-refractivity contribution in [3.8, 4) is 0 Å². The number of aromatic nitrogens is 2. The van der Waals surface area contributed by atoms with E-state index in [9.17, 15) is 0 Å². The number of rotatable bonds is 4. The Bertz CT molecular complexity index is 642. The molecule has 0 N–H and O–H groups in total. The summed E-state index contributed by atoms with van der Waals surface area (Å²) in [5.74, 6) is 1.55. The minimum atomic E-state index is 0.681. The molecule has 2 aromatic heterocycles. The topological polar surface area (TPSA) is 35.0 Å². The van der Waals surface area contributed by atoms with Gasteiger partial charge in [0.05, 0.1) is 18.6 Å². The van der Waals surface area contributed by atoms with Gasteiger partial charge in [-0.1, -0.05) is 19.3 Å². The summed E-state index contributed by atoms with van der Waals surface area (Å²) in [6, 6.07) is 2.31. The SMILES string of the molecule is CCO/C=C/c1nc(C)nc2sc(C3CCCCC3)cc12. The molecule has 2 aromatic rings. The highest BCUT2D eigenvalue weighted by molar-refractivity contribution is 7.18. The molecule has 2 heterocycles. The van der Waals surface area contributed by atoms with Gasteiger partial charge in [0, 0.05) is 10.3 Å². The first-order valence-corrected chi connectivity index (χ1v) is 8.66. The second-order valence-electron chi connectivity index (χ2n) is 5.62. The van der Waals surface area contributed by atoms with Crippen LogP contribution in [0.1, 0.15) is 61.3 Å². The molecular weight excluding hydrogens is 280 g/mol. The minimum Gasteiger partial charge on any atom is -0.501 e. The molecule has 1 saturated carbocycles. The van der Waals surface area contributed by atoms with Crippen molar-refractivity contribution >= 4 is 27.6 Å². The van der Waals surface area contributed by atoms with E-state index in [2.05, 4.69) is 16.0 Å². The Morgan fingerprint density at radius 3 is 2.86 bits per heavy atom. The first kappa shape index (κ1) is 14.5. The van der Waals surface area contributed by atoms with Crippen LogP contribution in [0.15, 0.2) is 12.3 Å². The maximum atomic E-state index is 5.31. The molecule has 112 valence electrons. The van der Waals surface area contributed by atoms with Crippen LogP contribution in [-0.2, 0) is 4.74 Å². The van der Waals surface area contributed by atoms with E-state index < -0.39 is 0 Å². The number of hydrogen-bond acceptors (Lipinski definition) is 4. The predicted octanol–water partition coefficient (Wildman–Crippen LogP) is 5.05. The van der Waals surface area contributed by atoms with Gasteiger partial charge in [0.25, 0.3) is 0 Å². The standard InChI is InChI=1S/C17H22N2OS/c1-3-20-10-9-15-14-11-16(13-7-5-4-6-8-13)21-17(14)19-12(2)18-15/h9-11,13H,3-8H2,1-2H3/b10-9+. The summed E-state index contributed by atoms with van der Waals surface area (Å²) in [5, 5.41) is 1.17. The molecule has 0 aromatic carbocycles. The zero-order chi connectivity index (χ0) is 14.7. The lowest BCUT2D eigenvalue weighted by Crippen LogP contribution is -2.02. The minimum absolute atomic E-state index is 0.681. The van der Waals surface area contributed by atoms with Crippen LogP contribution in [0.5, 0.6) is 0 Å². The van der Waals surface area contributed by atoms with Crippen LogP contribution in [-0.4, -0.2) is 16.6 Å². The summed E-state index contributed by atoms with van der Waals surface area (Å²) in [4.78, 5) is 11.8. The van der Waals surface area contributed by atoms with Crippen molar-refractivity contribution in [2.75, 3.05) is 6.61 Å². The number of thiophene rings is 1. The number of ether oxygens (including phenoxy) is 1. The molecule has 1 aliphatic rings. The quantitative estimate of drug-likeness (QED) is 0.741. The van der Waals surface area contributed by atoms with Crippen LogP contribution in [0, 0.1) is 6.92 Å². The Balaban J connectivity index is 1.97. The van der Waals surface area contributed by atoms with Crippen molar-refractivity contribution in [2.24, 2.45) is 0 Å². The van der Waals surface area contributed by atoms with Gasteiger partial charge in [0.15, 0.2) is 0 Å². The highest BCUT2D eigenvalue weighted by Gasteiger charge is 2.19. The van der Waals surface area contributed by atoms with Crippen molar-refractivity contribution < 1.29 is 4.74 Å². The normalized spacial score (nSPS) is 16.9. The second kappa shape index (κ2) is 6.56. The molecule has 21 heavy (non-hydrogen) atoms. The van der Waals surface area contributed by atoms with Gasteiger partial charge in [-0.05, 0) is 44.7 Å². The molecule has 0 saturated heterocycles. The van der Waals surface area contributed by atoms with Gasteiger partial charge in [-0.3, -0.25) is 0 Å². The van der Waals surface area contributed by atoms with Gasteiger partial charge < -0.3 is 4.74 Å². The maximum Gasteiger partial charge on any atom is 0.127 e. The van der Waals surface area contributed by atoms with E-state index in [-0.39, 0.29) is 0 Å². The molecule has 3 nitrogen and oxygen atoms in total. The zero-order valence-electron chi connectivity index (χ0n) is 12.8. The molecule has 0 unspecified atom stereocenters. The van der Waals surface area contributed by atoms with Gasteiger partial charge in [0.1, 0.15) is 10.7 Å². The lowest BCUT2D eigenvalue weighted by molar-refractivity contribution is 0.272. The number of hydrogen-bond donors (Lipinski definition) is 0. The van der Waals surface area contributed by atoms with E-state index in [0.717, 1.165) is 22.3 Å². The van der Waals surface area contributed by atoms with Crippen molar-refractivity contribution in [3.63, 3.8) is 0 Å². The van der Waals surface area contributed by atoms with Crippen molar-refractivity contribution in [3.05, 3.63) is 28.7 Å². The molecule has 0 spiro atoms. The van der Waals surface area contributed by atoms with Crippen LogP contribution in [0.3, 0.4) is 0 Å². The van der Waals surface area contributed by atoms with E-state index in [1.54, 1.807) is 6.26 Å². The molecule has 1 aliphatic carbocycles. The number of aryl methyl sites for hydroxylation is 1. The van der Waals surface area contributed by atoms with Crippen molar-refractivity contribution in [1.29, 1.82) is 0 Å². The molecule has 0 amide bonds. The Morgan fingerprint density at radius 2 is 2.10 bits per heavy atom. The average molecular weight is 302 g/mol. The van der Waals surface area contributed by atoms with Gasteiger partial charge >= 0.3 is 0 Å². The summed E-state index contributed by atoms with van der Waals surface area (Å²) in [6.45, 7) is 4.62. The highest BCUT2D eigenvalue weighted by atomic mass is 32.1. The van der Waals surface area contributed by atoms with E-state index in [1.807, 2.05) is 31.3 Å². The van der Waals surface area contributed by atoms with Crippen molar-refractivity contribution in [1.82, 2.24) is 9.97 Å². The first-order chi connectivity index (χ1) is 10.3. The molecule has 0 bridgehead atoms. The zero-order valence-corrected chi connectivity index (χ0v) is 13.6. The summed E-state index contributed by atoms with van der Waals surface area (Å²) >= 11 is 1.85. The molecule has 3 rings (SSSR count). The number of nitrogens with zero attached hydrogens (tertiary/aromatic N) is 2. The third-order valence-electron chi connectivity index (χ3n) is 4.05. The van der Waals surface area contributed by atoms with Gasteiger partial charge in [-0.2, -0.15) is 0 Å². The monoisotopic (exact) mass is 302 g/mol. The fourth-order valence-electron chi connectivity index (χ4n) is 3.00. The predicted molar refractivity (Wildman–Crippen MR) is 88.6 cm³/mol. The van der Waals surface area contributed by atoms with Crippen LogP contribution in [0.2, 0.25) is 0 Å². The molecule has 0 radical (unpaired) electrons. The van der Waals surface area contributed by atoms with Gasteiger partial charge in [-0.25, -0.2) is 9.97 Å². The molecule has 4 heteroatoms. The fourth-order valence-corrected chi connectivity index (χ4v) is 4.25. The van der Waals surface area contributed by atoms with Gasteiger partial charge in [-0.15, -0.1) is 11.3 Å². The first-order valence-electron chi connectivity index (χ1n) is 7.84. The smallest absolute Gasteiger partial charge is 0.127 e. The second-order valence-corrected chi connectivity index (χ2v) is 6.68. The fraction of sp³-hybridized carbons (Fsp3) is 0.529. The summed E-state index contributed by atoms with van der Waals surface area (Å²) in [5.41, 5.74) is 0.976. The third-order valence-corrected chi connectivity index (χ3v) is 5.24. The largest absolute Gasteiger partial charge is 0.501 e. The number of fused-ring (bicyclic) bond motifs is 1. The van der Waals surface area contributed by atoms with E-state index in [0.29, 0.717) is 6.61 Å². The molecule has 1 fully saturated rings. The summed E-state index contributed by atoms with van der Waals surface area (Å²) < 4.78 is 5.31. The Morgan fingerprint density at radius 1 is 1.29 bits per heavy atom. The lowest BCUT2D eigenvalue weighted by atomic mass is 9.88. The maximum absolute atomic E-state index is 5.31. The molecule has 0 aliphatic heterocycles. The molecule has 0 atom stereocenters. The van der Waals surface area contributed by atoms with Crippen LogP contribution in [0.25, 0.3) is 16.3 Å². The van der Waals surface area contributed by atoms with Crippen LogP contribution in [0.4, 0.5) is 0 Å². The van der Waals surface area contributed by atoms with Crippen LogP contribution >= 0.6 is 11.3 Å². The summed E-state index contributed by atoms with van der Waals surface area (Å²) in [7, 11) is 0. The molecular formula is C17H22N2OS. The summed E-state index contributed by atoms with van der Waals surface area (Å²) in [6.07, 6.45) is 10.5. The lowest BCUT2D eigenvalue weighted by Gasteiger charge is -2.19. The third kappa shape index (κ3) is 3.26. The van der Waals surface area contributed by atoms with E-state index in [1.165, 1.54) is 42.4 Å². The Kier molecular flexibility index (Phi) is 4.54. The van der Waals surface area contributed by atoms with Gasteiger partial charge in [0.2, 0.25) is 0 Å². The Hall–Kier alpha value is -1.42.